The van der Waals surface area contributed by atoms with Crippen molar-refractivity contribution in [2.45, 2.75) is 19.4 Å². The molecule has 0 saturated carbocycles. The Morgan fingerprint density at radius 3 is 2.43 bits per heavy atom. The average molecular weight is 292 g/mol. The zero-order valence-electron chi connectivity index (χ0n) is 11.3. The first kappa shape index (κ1) is 14.9. The van der Waals surface area contributed by atoms with Crippen LogP contribution in [-0.4, -0.2) is 16.9 Å². The van der Waals surface area contributed by atoms with E-state index in [0.717, 1.165) is 0 Å². The molecule has 2 rings (SSSR count). The molecule has 0 spiro atoms. The van der Waals surface area contributed by atoms with Gasteiger partial charge in [0.05, 0.1) is 0 Å². The lowest BCUT2D eigenvalue weighted by Gasteiger charge is -2.14. The maximum absolute atomic E-state index is 13.5. The van der Waals surface area contributed by atoms with Gasteiger partial charge in [-0.15, -0.1) is 0 Å². The molecule has 4 nitrogen and oxygen atoms in total. The summed E-state index contributed by atoms with van der Waals surface area (Å²) in [5.41, 5.74) is -0.370. The van der Waals surface area contributed by atoms with E-state index in [4.69, 9.17) is 0 Å². The summed E-state index contributed by atoms with van der Waals surface area (Å²) in [5, 5.41) is 2.58. The van der Waals surface area contributed by atoms with Gasteiger partial charge in [-0.25, -0.2) is 8.78 Å². The smallest absolute Gasteiger partial charge is 0.268 e. The van der Waals surface area contributed by atoms with Gasteiger partial charge in [-0.2, -0.15) is 0 Å². The van der Waals surface area contributed by atoms with Gasteiger partial charge in [0.1, 0.15) is 17.3 Å². The molecule has 0 aliphatic rings. The SMILES string of the molecule is CC(Cc1c(F)cccc1F)NC(=O)c1cccc(=O)[nH]1. The lowest BCUT2D eigenvalue weighted by molar-refractivity contribution is 0.0934. The van der Waals surface area contributed by atoms with E-state index in [1.54, 1.807) is 6.92 Å². The molecule has 1 atom stereocenters. The molecule has 1 aromatic carbocycles. The molecule has 1 unspecified atom stereocenters. The van der Waals surface area contributed by atoms with E-state index >= 15 is 0 Å². The molecule has 2 aromatic rings. The van der Waals surface area contributed by atoms with Crippen LogP contribution >= 0.6 is 0 Å². The number of amides is 1. The molecule has 0 bridgehead atoms. The Hall–Kier alpha value is -2.50. The van der Waals surface area contributed by atoms with Gasteiger partial charge in [-0.3, -0.25) is 9.59 Å². The zero-order chi connectivity index (χ0) is 15.4. The van der Waals surface area contributed by atoms with Gasteiger partial charge >= 0.3 is 0 Å². The Morgan fingerprint density at radius 1 is 1.19 bits per heavy atom. The fourth-order valence-electron chi connectivity index (χ4n) is 1.97. The van der Waals surface area contributed by atoms with Crippen molar-refractivity contribution in [2.75, 3.05) is 0 Å². The number of nitrogens with one attached hydrogen (secondary N) is 2. The highest BCUT2D eigenvalue weighted by molar-refractivity contribution is 5.92. The van der Waals surface area contributed by atoms with E-state index in [0.29, 0.717) is 0 Å². The van der Waals surface area contributed by atoms with Crippen LogP contribution in [0.5, 0.6) is 0 Å². The monoisotopic (exact) mass is 292 g/mol. The molecular weight excluding hydrogens is 278 g/mol. The predicted octanol–water partition coefficient (Wildman–Crippen LogP) is 2.01. The number of rotatable bonds is 4. The molecule has 0 aliphatic carbocycles. The quantitative estimate of drug-likeness (QED) is 0.905. The number of carbonyl (C=O) groups excluding carboxylic acids is 1. The van der Waals surface area contributed by atoms with E-state index in [-0.39, 0.29) is 17.7 Å². The minimum atomic E-state index is -0.649. The Labute approximate surface area is 119 Å². The summed E-state index contributed by atoms with van der Waals surface area (Å²) in [6.07, 6.45) is 0.0152. The Balaban J connectivity index is 2.07. The summed E-state index contributed by atoms with van der Waals surface area (Å²) in [7, 11) is 0. The van der Waals surface area contributed by atoms with Crippen molar-refractivity contribution >= 4 is 5.91 Å². The fraction of sp³-hybridized carbons (Fsp3) is 0.200. The number of hydrogen-bond acceptors (Lipinski definition) is 2. The van der Waals surface area contributed by atoms with Gasteiger partial charge in [-0.1, -0.05) is 12.1 Å². The summed E-state index contributed by atoms with van der Waals surface area (Å²) in [6, 6.07) is 7.32. The summed E-state index contributed by atoms with van der Waals surface area (Å²) in [6.45, 7) is 1.63. The summed E-state index contributed by atoms with van der Waals surface area (Å²) in [4.78, 5) is 25.4. The van der Waals surface area contributed by atoms with Crippen molar-refractivity contribution in [3.63, 3.8) is 0 Å². The molecule has 1 heterocycles. The Kier molecular flexibility index (Phi) is 4.47. The molecule has 1 aromatic heterocycles. The highest BCUT2D eigenvalue weighted by Crippen LogP contribution is 2.14. The first-order valence-electron chi connectivity index (χ1n) is 6.40. The molecule has 0 radical (unpaired) electrons. The number of hydrogen-bond donors (Lipinski definition) is 2. The van der Waals surface area contributed by atoms with E-state index in [1.807, 2.05) is 0 Å². The number of pyridine rings is 1. The van der Waals surface area contributed by atoms with E-state index < -0.39 is 29.1 Å². The summed E-state index contributed by atoms with van der Waals surface area (Å²) in [5.74, 6) is -1.80. The van der Waals surface area contributed by atoms with Gasteiger partial charge in [0.15, 0.2) is 0 Å². The normalized spacial score (nSPS) is 12.0. The number of benzene rings is 1. The third kappa shape index (κ3) is 3.75. The van der Waals surface area contributed by atoms with Crippen molar-refractivity contribution in [3.05, 3.63) is 69.6 Å². The van der Waals surface area contributed by atoms with Crippen LogP contribution in [0.4, 0.5) is 8.78 Å². The third-order valence-electron chi connectivity index (χ3n) is 2.96. The maximum atomic E-state index is 13.5. The standard InChI is InChI=1S/C15H14F2N2O2/c1-9(8-10-11(16)4-2-5-12(10)17)18-15(21)13-6-3-7-14(20)19-13/h2-7,9H,8H2,1H3,(H,18,21)(H,19,20). The second-order valence-electron chi connectivity index (χ2n) is 4.71. The minimum absolute atomic E-state index is 0.0152. The van der Waals surface area contributed by atoms with Crippen LogP contribution in [0, 0.1) is 11.6 Å². The molecule has 1 amide bonds. The largest absolute Gasteiger partial charge is 0.348 e. The zero-order valence-corrected chi connectivity index (χ0v) is 11.3. The number of carbonyl (C=O) groups is 1. The second kappa shape index (κ2) is 6.30. The minimum Gasteiger partial charge on any atom is -0.348 e. The maximum Gasteiger partial charge on any atom is 0.268 e. The van der Waals surface area contributed by atoms with Gasteiger partial charge in [0, 0.05) is 17.7 Å². The van der Waals surface area contributed by atoms with Crippen molar-refractivity contribution < 1.29 is 13.6 Å². The molecule has 21 heavy (non-hydrogen) atoms. The first-order valence-corrected chi connectivity index (χ1v) is 6.40. The summed E-state index contributed by atoms with van der Waals surface area (Å²) >= 11 is 0. The highest BCUT2D eigenvalue weighted by atomic mass is 19.1. The van der Waals surface area contributed by atoms with Crippen LogP contribution < -0.4 is 10.9 Å². The second-order valence-corrected chi connectivity index (χ2v) is 4.71. The van der Waals surface area contributed by atoms with Crippen LogP contribution in [0.3, 0.4) is 0 Å². The van der Waals surface area contributed by atoms with Crippen LogP contribution in [0.2, 0.25) is 0 Å². The lowest BCUT2D eigenvalue weighted by Crippen LogP contribution is -2.35. The Bertz CT molecular complexity index is 693. The van der Waals surface area contributed by atoms with E-state index in [2.05, 4.69) is 10.3 Å². The van der Waals surface area contributed by atoms with Gasteiger partial charge < -0.3 is 10.3 Å². The van der Waals surface area contributed by atoms with E-state index in [9.17, 15) is 18.4 Å². The van der Waals surface area contributed by atoms with Crippen LogP contribution in [0.25, 0.3) is 0 Å². The summed E-state index contributed by atoms with van der Waals surface area (Å²) < 4.78 is 27.0. The molecule has 0 fully saturated rings. The van der Waals surface area contributed by atoms with Crippen molar-refractivity contribution in [1.82, 2.24) is 10.3 Å². The molecular formula is C15H14F2N2O2. The lowest BCUT2D eigenvalue weighted by atomic mass is 10.1. The Morgan fingerprint density at radius 2 is 1.81 bits per heavy atom. The van der Waals surface area contributed by atoms with Crippen molar-refractivity contribution in [3.8, 4) is 0 Å². The van der Waals surface area contributed by atoms with Gasteiger partial charge in [0.25, 0.3) is 5.91 Å². The molecule has 0 saturated heterocycles. The average Bonchev–Trinajstić information content (AvgIpc) is 2.43. The topological polar surface area (TPSA) is 62.0 Å². The predicted molar refractivity (Wildman–Crippen MR) is 74.1 cm³/mol. The van der Waals surface area contributed by atoms with Crippen LogP contribution in [0.15, 0.2) is 41.2 Å². The van der Waals surface area contributed by atoms with Crippen LogP contribution in [0.1, 0.15) is 23.0 Å². The van der Waals surface area contributed by atoms with Crippen molar-refractivity contribution in [1.29, 1.82) is 0 Å². The number of H-pyrrole nitrogens is 1. The van der Waals surface area contributed by atoms with Gasteiger partial charge in [-0.05, 0) is 31.5 Å². The molecule has 2 N–H and O–H groups in total. The highest BCUT2D eigenvalue weighted by Gasteiger charge is 2.15. The fourth-order valence-corrected chi connectivity index (χ4v) is 1.97. The number of halogens is 2. The van der Waals surface area contributed by atoms with Crippen molar-refractivity contribution in [2.24, 2.45) is 0 Å². The van der Waals surface area contributed by atoms with Crippen LogP contribution in [-0.2, 0) is 6.42 Å². The number of aromatic nitrogens is 1. The van der Waals surface area contributed by atoms with E-state index in [1.165, 1.54) is 36.4 Å². The number of aromatic amines is 1. The third-order valence-corrected chi connectivity index (χ3v) is 2.96. The molecule has 110 valence electrons. The molecule has 6 heteroatoms. The van der Waals surface area contributed by atoms with Gasteiger partial charge in [0.2, 0.25) is 5.56 Å². The first-order chi connectivity index (χ1) is 9.97. The molecule has 0 aliphatic heterocycles.